The second-order valence-corrected chi connectivity index (χ2v) is 4.06. The number of nitrogens with zero attached hydrogens (tertiary/aromatic N) is 3. The van der Waals surface area contributed by atoms with E-state index in [9.17, 15) is 4.79 Å². The Morgan fingerprint density at radius 2 is 2.41 bits per heavy atom. The number of piperidine rings is 1. The van der Waals surface area contributed by atoms with Gasteiger partial charge >= 0.3 is 5.97 Å². The lowest BCUT2D eigenvalue weighted by atomic mass is 10.0. The van der Waals surface area contributed by atoms with Crippen molar-refractivity contribution in [1.29, 1.82) is 5.26 Å². The second-order valence-electron chi connectivity index (χ2n) is 4.06. The number of hydrogen-bond acceptors (Lipinski definition) is 4. The van der Waals surface area contributed by atoms with E-state index in [4.69, 9.17) is 10.4 Å². The summed E-state index contributed by atoms with van der Waals surface area (Å²) in [6, 6.07) is 4.77. The third kappa shape index (κ3) is 2.36. The van der Waals surface area contributed by atoms with Gasteiger partial charge in [-0.1, -0.05) is 0 Å². The van der Waals surface area contributed by atoms with Gasteiger partial charge in [0.25, 0.3) is 0 Å². The van der Waals surface area contributed by atoms with Gasteiger partial charge in [0.1, 0.15) is 11.9 Å². The molecule has 1 aromatic heterocycles. The van der Waals surface area contributed by atoms with E-state index in [0.717, 1.165) is 12.8 Å². The van der Waals surface area contributed by atoms with Crippen LogP contribution in [0.4, 0.5) is 5.82 Å². The topological polar surface area (TPSA) is 77.2 Å². The first-order valence-corrected chi connectivity index (χ1v) is 5.58. The second kappa shape index (κ2) is 4.83. The average molecular weight is 231 g/mol. The van der Waals surface area contributed by atoms with E-state index in [1.54, 1.807) is 23.2 Å². The summed E-state index contributed by atoms with van der Waals surface area (Å²) in [6.07, 6.45) is 4.06. The zero-order valence-electron chi connectivity index (χ0n) is 9.33. The zero-order valence-corrected chi connectivity index (χ0v) is 9.33. The summed E-state index contributed by atoms with van der Waals surface area (Å²) in [5.41, 5.74) is 0.504. The van der Waals surface area contributed by atoms with E-state index in [0.29, 0.717) is 24.3 Å². The molecule has 0 saturated carbocycles. The van der Waals surface area contributed by atoms with Crippen molar-refractivity contribution in [3.05, 3.63) is 23.9 Å². The molecule has 1 aliphatic rings. The van der Waals surface area contributed by atoms with Crippen LogP contribution in [0.15, 0.2) is 18.3 Å². The average Bonchev–Trinajstić information content (AvgIpc) is 2.39. The van der Waals surface area contributed by atoms with Crippen LogP contribution in [0.5, 0.6) is 0 Å². The van der Waals surface area contributed by atoms with Crippen molar-refractivity contribution < 1.29 is 9.90 Å². The number of aliphatic carboxylic acids is 1. The lowest BCUT2D eigenvalue weighted by Gasteiger charge is -2.33. The lowest BCUT2D eigenvalue weighted by molar-refractivity contribution is -0.139. The molecular formula is C12H13N3O2. The van der Waals surface area contributed by atoms with Crippen molar-refractivity contribution in [3.63, 3.8) is 0 Å². The van der Waals surface area contributed by atoms with Crippen LogP contribution in [0.25, 0.3) is 0 Å². The van der Waals surface area contributed by atoms with Gasteiger partial charge in [-0.15, -0.1) is 0 Å². The van der Waals surface area contributed by atoms with Crippen molar-refractivity contribution in [3.8, 4) is 6.07 Å². The summed E-state index contributed by atoms with van der Waals surface area (Å²) in [5.74, 6) is -0.245. The minimum atomic E-state index is -0.825. The van der Waals surface area contributed by atoms with Crippen molar-refractivity contribution >= 4 is 11.8 Å². The first-order chi connectivity index (χ1) is 8.22. The van der Waals surface area contributed by atoms with Crippen molar-refractivity contribution in [2.75, 3.05) is 11.4 Å². The predicted molar refractivity (Wildman–Crippen MR) is 61.6 cm³/mol. The number of anilines is 1. The molecular weight excluding hydrogens is 218 g/mol. The molecule has 17 heavy (non-hydrogen) atoms. The first-order valence-electron chi connectivity index (χ1n) is 5.58. The van der Waals surface area contributed by atoms with Crippen LogP contribution in [0.1, 0.15) is 24.8 Å². The summed E-state index contributed by atoms with van der Waals surface area (Å²) in [6.45, 7) is 0.679. The highest BCUT2D eigenvalue weighted by Crippen LogP contribution is 2.23. The number of nitriles is 1. The largest absolute Gasteiger partial charge is 0.480 e. The molecule has 0 amide bonds. The van der Waals surface area contributed by atoms with Gasteiger partial charge in [0.05, 0.1) is 11.6 Å². The van der Waals surface area contributed by atoms with Crippen LogP contribution in [0, 0.1) is 11.3 Å². The maximum atomic E-state index is 11.2. The Morgan fingerprint density at radius 3 is 3.12 bits per heavy atom. The number of carbonyl (C=O) groups is 1. The Hall–Kier alpha value is -2.09. The first kappa shape index (κ1) is 11.4. The number of aromatic nitrogens is 1. The molecule has 1 saturated heterocycles. The summed E-state index contributed by atoms with van der Waals surface area (Å²) < 4.78 is 0. The molecule has 2 rings (SSSR count). The highest BCUT2D eigenvalue weighted by molar-refractivity contribution is 5.78. The number of carboxylic acid groups (broad SMARTS) is 1. The fraction of sp³-hybridized carbons (Fsp3) is 0.417. The summed E-state index contributed by atoms with van der Waals surface area (Å²) in [5, 5.41) is 18.0. The fourth-order valence-electron chi connectivity index (χ4n) is 2.11. The highest BCUT2D eigenvalue weighted by Gasteiger charge is 2.29. The molecule has 0 bridgehead atoms. The molecule has 88 valence electrons. The molecule has 1 atom stereocenters. The van der Waals surface area contributed by atoms with Gasteiger partial charge in [-0.05, 0) is 31.4 Å². The number of hydrogen-bond donors (Lipinski definition) is 1. The van der Waals surface area contributed by atoms with E-state index in [-0.39, 0.29) is 0 Å². The molecule has 0 aliphatic carbocycles. The van der Waals surface area contributed by atoms with Gasteiger partial charge < -0.3 is 10.0 Å². The van der Waals surface area contributed by atoms with Gasteiger partial charge in [0, 0.05) is 12.7 Å². The van der Waals surface area contributed by atoms with E-state index in [1.165, 1.54) is 0 Å². The molecule has 0 radical (unpaired) electrons. The van der Waals surface area contributed by atoms with Crippen LogP contribution in [0.3, 0.4) is 0 Å². The smallest absolute Gasteiger partial charge is 0.326 e. The molecule has 1 aromatic rings. The molecule has 1 N–H and O–H groups in total. The summed E-state index contributed by atoms with van der Waals surface area (Å²) in [4.78, 5) is 17.1. The predicted octanol–water partition coefficient (Wildman–Crippen LogP) is 1.40. The van der Waals surface area contributed by atoms with Crippen LogP contribution < -0.4 is 4.90 Å². The number of rotatable bonds is 2. The Morgan fingerprint density at radius 1 is 1.59 bits per heavy atom. The maximum Gasteiger partial charge on any atom is 0.326 e. The summed E-state index contributed by atoms with van der Waals surface area (Å²) in [7, 11) is 0. The van der Waals surface area contributed by atoms with Crippen molar-refractivity contribution in [1.82, 2.24) is 4.98 Å². The van der Waals surface area contributed by atoms with Crippen molar-refractivity contribution in [2.24, 2.45) is 0 Å². The Kier molecular flexibility index (Phi) is 3.24. The lowest BCUT2D eigenvalue weighted by Crippen LogP contribution is -2.45. The van der Waals surface area contributed by atoms with Crippen LogP contribution >= 0.6 is 0 Å². The van der Waals surface area contributed by atoms with E-state index < -0.39 is 12.0 Å². The number of carboxylic acids is 1. The van der Waals surface area contributed by atoms with Gasteiger partial charge in [-0.2, -0.15) is 5.26 Å². The monoisotopic (exact) mass is 231 g/mol. The van der Waals surface area contributed by atoms with Crippen LogP contribution in [0.2, 0.25) is 0 Å². The third-order valence-corrected chi connectivity index (χ3v) is 2.96. The minimum Gasteiger partial charge on any atom is -0.480 e. The molecule has 0 unspecified atom stereocenters. The minimum absolute atomic E-state index is 0.504. The van der Waals surface area contributed by atoms with Gasteiger partial charge in [-0.25, -0.2) is 9.78 Å². The van der Waals surface area contributed by atoms with E-state index in [1.807, 2.05) is 6.07 Å². The number of pyridine rings is 1. The molecule has 0 spiro atoms. The molecule has 1 aliphatic heterocycles. The zero-order chi connectivity index (χ0) is 12.3. The SMILES string of the molecule is N#Cc1ccnc(N2CCCC[C@@H]2C(=O)O)c1. The van der Waals surface area contributed by atoms with E-state index in [2.05, 4.69) is 4.98 Å². The normalized spacial score (nSPS) is 19.7. The van der Waals surface area contributed by atoms with Crippen LogP contribution in [-0.4, -0.2) is 28.6 Å². The van der Waals surface area contributed by atoms with Gasteiger partial charge in [0.15, 0.2) is 0 Å². The van der Waals surface area contributed by atoms with Gasteiger partial charge in [0.2, 0.25) is 0 Å². The molecule has 2 heterocycles. The third-order valence-electron chi connectivity index (χ3n) is 2.96. The standard InChI is InChI=1S/C12H13N3O2/c13-8-9-4-5-14-11(7-9)15-6-2-1-3-10(15)12(16)17/h4-5,7,10H,1-3,6H2,(H,16,17)/t10-/m1/s1. The van der Waals surface area contributed by atoms with Crippen LogP contribution in [-0.2, 0) is 4.79 Å². The Balaban J connectivity index is 2.29. The molecule has 5 heteroatoms. The fourth-order valence-corrected chi connectivity index (χ4v) is 2.11. The molecule has 0 aromatic carbocycles. The highest BCUT2D eigenvalue weighted by atomic mass is 16.4. The molecule has 5 nitrogen and oxygen atoms in total. The van der Waals surface area contributed by atoms with Crippen molar-refractivity contribution in [2.45, 2.75) is 25.3 Å². The van der Waals surface area contributed by atoms with E-state index >= 15 is 0 Å². The maximum absolute atomic E-state index is 11.2. The summed E-state index contributed by atoms with van der Waals surface area (Å²) >= 11 is 0. The molecule has 1 fully saturated rings. The Bertz CT molecular complexity index is 467. The van der Waals surface area contributed by atoms with Gasteiger partial charge in [-0.3, -0.25) is 0 Å². The Labute approximate surface area is 99.3 Å². The quantitative estimate of drug-likeness (QED) is 0.832.